The zero-order chi connectivity index (χ0) is 21.3. The molecule has 8 nitrogen and oxygen atoms in total. The summed E-state index contributed by atoms with van der Waals surface area (Å²) < 4.78 is 12.8. The molecular formula is C22H21N5O3. The first-order valence-electron chi connectivity index (χ1n) is 9.56. The molecule has 1 aliphatic heterocycles. The number of ether oxygens (including phenoxy) is 2. The van der Waals surface area contributed by atoms with E-state index in [-0.39, 0.29) is 12.0 Å². The number of hydrogen-bond acceptors (Lipinski definition) is 6. The van der Waals surface area contributed by atoms with Gasteiger partial charge in [0.15, 0.2) is 0 Å². The number of benzene rings is 1. The Bertz CT molecular complexity index is 1150. The Balaban J connectivity index is 1.63. The molecule has 0 bridgehead atoms. The van der Waals surface area contributed by atoms with Crippen LogP contribution in [0.4, 0.5) is 0 Å². The molecule has 0 fully saturated rings. The Morgan fingerprint density at radius 1 is 1.23 bits per heavy atom. The van der Waals surface area contributed by atoms with E-state index in [4.69, 9.17) is 9.47 Å². The van der Waals surface area contributed by atoms with Crippen molar-refractivity contribution in [3.63, 3.8) is 0 Å². The molecule has 1 aliphatic rings. The molecule has 2 aromatic heterocycles. The number of nitrogens with zero attached hydrogens (tertiary/aromatic N) is 5. The Labute approximate surface area is 174 Å². The van der Waals surface area contributed by atoms with Gasteiger partial charge in [-0.1, -0.05) is 0 Å². The van der Waals surface area contributed by atoms with E-state index < -0.39 is 0 Å². The molecule has 0 N–H and O–H groups in total. The second-order valence-electron chi connectivity index (χ2n) is 7.24. The van der Waals surface area contributed by atoms with Crippen LogP contribution in [0.1, 0.15) is 41.0 Å². The van der Waals surface area contributed by atoms with Gasteiger partial charge in [-0.25, -0.2) is 9.67 Å². The zero-order valence-corrected chi connectivity index (χ0v) is 17.0. The van der Waals surface area contributed by atoms with Crippen LogP contribution in [0.15, 0.2) is 42.7 Å². The van der Waals surface area contributed by atoms with Crippen LogP contribution in [-0.2, 0) is 13.1 Å². The van der Waals surface area contributed by atoms with Gasteiger partial charge in [0.25, 0.3) is 5.91 Å². The highest BCUT2D eigenvalue weighted by Gasteiger charge is 2.30. The van der Waals surface area contributed by atoms with E-state index in [2.05, 4.69) is 16.2 Å². The summed E-state index contributed by atoms with van der Waals surface area (Å²) in [5.41, 5.74) is 3.52. The van der Waals surface area contributed by atoms with Crippen molar-refractivity contribution in [2.24, 2.45) is 0 Å². The van der Waals surface area contributed by atoms with Crippen molar-refractivity contribution in [2.45, 2.75) is 33.0 Å². The highest BCUT2D eigenvalue weighted by molar-refractivity contribution is 5.97. The number of hydrogen-bond donors (Lipinski definition) is 0. The molecule has 0 saturated heterocycles. The van der Waals surface area contributed by atoms with Crippen molar-refractivity contribution < 1.29 is 14.3 Å². The molecular weight excluding hydrogens is 382 g/mol. The van der Waals surface area contributed by atoms with Crippen LogP contribution in [0.3, 0.4) is 0 Å². The van der Waals surface area contributed by atoms with E-state index in [1.165, 1.54) is 0 Å². The minimum absolute atomic E-state index is 0.0875. The van der Waals surface area contributed by atoms with Crippen molar-refractivity contribution in [3.05, 3.63) is 65.1 Å². The fourth-order valence-electron chi connectivity index (χ4n) is 3.45. The number of carbonyl (C=O) groups is 1. The third kappa shape index (κ3) is 3.57. The van der Waals surface area contributed by atoms with Crippen LogP contribution in [0.2, 0.25) is 0 Å². The molecule has 4 rings (SSSR count). The fourth-order valence-corrected chi connectivity index (χ4v) is 3.45. The van der Waals surface area contributed by atoms with Gasteiger partial charge in [-0.3, -0.25) is 4.79 Å². The van der Waals surface area contributed by atoms with Gasteiger partial charge in [-0.05, 0) is 38.1 Å². The molecule has 0 aliphatic carbocycles. The second kappa shape index (κ2) is 7.87. The highest BCUT2D eigenvalue weighted by Crippen LogP contribution is 2.30. The molecule has 0 saturated carbocycles. The van der Waals surface area contributed by atoms with Gasteiger partial charge in [0.1, 0.15) is 5.75 Å². The average molecular weight is 403 g/mol. The summed E-state index contributed by atoms with van der Waals surface area (Å²) in [6, 6.07) is 10.6. The molecule has 3 heterocycles. The number of aromatic nitrogens is 3. The number of methoxy groups -OCH3 is 1. The molecule has 8 heteroatoms. The lowest BCUT2D eigenvalue weighted by molar-refractivity contribution is 0.0742. The first kappa shape index (κ1) is 19.5. The minimum Gasteiger partial charge on any atom is -0.490 e. The van der Waals surface area contributed by atoms with Gasteiger partial charge in [0.05, 0.1) is 54.5 Å². The summed E-state index contributed by atoms with van der Waals surface area (Å²) >= 11 is 0. The fraction of sp³-hybridized carbons (Fsp3) is 0.273. The maximum Gasteiger partial charge on any atom is 0.258 e. The quantitative estimate of drug-likeness (QED) is 0.650. The standard InChI is InChI=1S/C22H21N5O3/c1-14(2)30-20-5-4-15(10-23)8-18(20)22(28)26-12-16-11-25-27(19(16)13-26)17-6-7-24-21(9-17)29-3/h4-9,11,14H,12-13H2,1-3H3. The van der Waals surface area contributed by atoms with E-state index in [1.807, 2.05) is 19.9 Å². The summed E-state index contributed by atoms with van der Waals surface area (Å²) in [7, 11) is 1.56. The van der Waals surface area contributed by atoms with Crippen molar-refractivity contribution in [2.75, 3.05) is 7.11 Å². The third-order valence-electron chi connectivity index (χ3n) is 4.82. The third-order valence-corrected chi connectivity index (χ3v) is 4.82. The predicted octanol–water partition coefficient (Wildman–Crippen LogP) is 3.09. The molecule has 0 unspecified atom stereocenters. The molecule has 152 valence electrons. The van der Waals surface area contributed by atoms with E-state index in [0.717, 1.165) is 16.9 Å². The molecule has 0 atom stereocenters. The SMILES string of the molecule is COc1cc(-n2ncc3c2CN(C(=O)c2cc(C#N)ccc2OC(C)C)C3)ccn1. The molecule has 0 spiro atoms. The van der Waals surface area contributed by atoms with Gasteiger partial charge in [0, 0.05) is 24.4 Å². The van der Waals surface area contributed by atoms with E-state index in [9.17, 15) is 10.1 Å². The first-order chi connectivity index (χ1) is 14.5. The van der Waals surface area contributed by atoms with Crippen LogP contribution in [0, 0.1) is 11.3 Å². The number of carbonyl (C=O) groups excluding carboxylic acids is 1. The van der Waals surface area contributed by atoms with Crippen molar-refractivity contribution >= 4 is 5.91 Å². The smallest absolute Gasteiger partial charge is 0.258 e. The van der Waals surface area contributed by atoms with Crippen LogP contribution in [-0.4, -0.2) is 38.8 Å². The lowest BCUT2D eigenvalue weighted by Gasteiger charge is -2.20. The number of amides is 1. The summed E-state index contributed by atoms with van der Waals surface area (Å²) in [5, 5.41) is 13.7. The highest BCUT2D eigenvalue weighted by atomic mass is 16.5. The van der Waals surface area contributed by atoms with Crippen molar-refractivity contribution in [1.29, 1.82) is 5.26 Å². The largest absolute Gasteiger partial charge is 0.490 e. The average Bonchev–Trinajstić information content (AvgIpc) is 3.34. The van der Waals surface area contributed by atoms with E-state index in [0.29, 0.717) is 35.8 Å². The van der Waals surface area contributed by atoms with Crippen LogP contribution in [0.5, 0.6) is 11.6 Å². The molecule has 1 amide bonds. The predicted molar refractivity (Wildman–Crippen MR) is 108 cm³/mol. The van der Waals surface area contributed by atoms with Crippen LogP contribution < -0.4 is 9.47 Å². The zero-order valence-electron chi connectivity index (χ0n) is 17.0. The Kier molecular flexibility index (Phi) is 5.11. The van der Waals surface area contributed by atoms with Crippen LogP contribution in [0.25, 0.3) is 5.69 Å². The summed E-state index contributed by atoms with van der Waals surface area (Å²) in [6.07, 6.45) is 3.34. The summed E-state index contributed by atoms with van der Waals surface area (Å²) in [6.45, 7) is 4.64. The van der Waals surface area contributed by atoms with Crippen molar-refractivity contribution in [1.82, 2.24) is 19.7 Å². The van der Waals surface area contributed by atoms with Crippen LogP contribution >= 0.6 is 0 Å². The topological polar surface area (TPSA) is 93.3 Å². The maximum atomic E-state index is 13.3. The lowest BCUT2D eigenvalue weighted by Crippen LogP contribution is -2.27. The molecule has 1 aromatic carbocycles. The first-order valence-corrected chi connectivity index (χ1v) is 9.56. The van der Waals surface area contributed by atoms with Gasteiger partial charge in [0.2, 0.25) is 5.88 Å². The number of pyridine rings is 1. The summed E-state index contributed by atoms with van der Waals surface area (Å²) in [4.78, 5) is 19.2. The van der Waals surface area contributed by atoms with Gasteiger partial charge in [-0.15, -0.1) is 0 Å². The Morgan fingerprint density at radius 3 is 2.80 bits per heavy atom. The van der Waals surface area contributed by atoms with Gasteiger partial charge >= 0.3 is 0 Å². The normalized spacial score (nSPS) is 12.6. The summed E-state index contributed by atoms with van der Waals surface area (Å²) in [5.74, 6) is 0.787. The van der Waals surface area contributed by atoms with E-state index in [1.54, 1.807) is 53.4 Å². The molecule has 30 heavy (non-hydrogen) atoms. The minimum atomic E-state index is -0.183. The molecule has 3 aromatic rings. The second-order valence-corrected chi connectivity index (χ2v) is 7.24. The number of fused-ring (bicyclic) bond motifs is 1. The van der Waals surface area contributed by atoms with Gasteiger partial charge in [-0.2, -0.15) is 10.4 Å². The van der Waals surface area contributed by atoms with E-state index >= 15 is 0 Å². The maximum absolute atomic E-state index is 13.3. The Hall–Kier alpha value is -3.86. The number of nitriles is 1. The Morgan fingerprint density at radius 2 is 2.07 bits per heavy atom. The van der Waals surface area contributed by atoms with Crippen molar-refractivity contribution in [3.8, 4) is 23.4 Å². The molecule has 0 radical (unpaired) electrons. The lowest BCUT2D eigenvalue weighted by atomic mass is 10.1. The van der Waals surface area contributed by atoms with Gasteiger partial charge < -0.3 is 14.4 Å². The number of rotatable bonds is 5. The monoisotopic (exact) mass is 403 g/mol.